The standard InChI is InChI=1S/C25H22F3N5O4/c1-24(2,3)33(23(35)36)20-14-32-19(30-20)10-11-21(31-32)37-18-9-5-8-17(13-18)29-22(34)15-6-4-7-16(12-15)25(26,27)28/h4-14H,1-3H3,(H,29,34)(H,35,36). The van der Waals surface area contributed by atoms with Crippen molar-refractivity contribution >= 4 is 29.2 Å². The number of alkyl halides is 3. The van der Waals surface area contributed by atoms with E-state index in [0.717, 1.165) is 23.1 Å². The van der Waals surface area contributed by atoms with E-state index in [4.69, 9.17) is 4.74 Å². The van der Waals surface area contributed by atoms with E-state index in [9.17, 15) is 27.9 Å². The van der Waals surface area contributed by atoms with Gasteiger partial charge in [-0.05, 0) is 57.2 Å². The Morgan fingerprint density at radius 3 is 2.43 bits per heavy atom. The monoisotopic (exact) mass is 513 g/mol. The SMILES string of the molecule is CC(C)(C)N(C(=O)O)c1cn2nc(Oc3cccc(NC(=O)c4cccc(C(F)(F)F)c4)c3)ccc2n1. The van der Waals surface area contributed by atoms with Crippen LogP contribution in [0.4, 0.5) is 29.5 Å². The van der Waals surface area contributed by atoms with Gasteiger partial charge >= 0.3 is 12.3 Å². The normalized spacial score (nSPS) is 11.8. The molecule has 37 heavy (non-hydrogen) atoms. The molecule has 12 heteroatoms. The van der Waals surface area contributed by atoms with Crippen LogP contribution in [0.25, 0.3) is 5.65 Å². The Balaban J connectivity index is 1.52. The van der Waals surface area contributed by atoms with E-state index in [2.05, 4.69) is 15.4 Å². The number of hydrogen-bond acceptors (Lipinski definition) is 5. The van der Waals surface area contributed by atoms with Gasteiger partial charge in [-0.3, -0.25) is 9.69 Å². The number of imidazole rings is 1. The molecule has 2 aromatic heterocycles. The highest BCUT2D eigenvalue weighted by molar-refractivity contribution is 6.04. The zero-order valence-electron chi connectivity index (χ0n) is 19.9. The van der Waals surface area contributed by atoms with Crippen LogP contribution in [0.3, 0.4) is 0 Å². The zero-order valence-corrected chi connectivity index (χ0v) is 19.9. The third-order valence-corrected chi connectivity index (χ3v) is 5.14. The van der Waals surface area contributed by atoms with E-state index < -0.39 is 29.3 Å². The molecule has 0 bridgehead atoms. The van der Waals surface area contributed by atoms with Gasteiger partial charge < -0.3 is 15.2 Å². The second kappa shape index (κ2) is 9.45. The lowest BCUT2D eigenvalue weighted by Crippen LogP contribution is -2.45. The molecule has 4 rings (SSSR count). The number of hydrogen-bond donors (Lipinski definition) is 2. The molecule has 0 radical (unpaired) electrons. The Labute approximate surface area is 209 Å². The smallest absolute Gasteiger partial charge is 0.416 e. The first-order valence-electron chi connectivity index (χ1n) is 11.0. The summed E-state index contributed by atoms with van der Waals surface area (Å²) in [5.41, 5.74) is -1.10. The summed E-state index contributed by atoms with van der Waals surface area (Å²) in [5.74, 6) is -0.0501. The fraction of sp³-hybridized carbons (Fsp3) is 0.200. The number of carboxylic acid groups (broad SMARTS) is 1. The first kappa shape index (κ1) is 25.5. The van der Waals surface area contributed by atoms with Crippen LogP contribution in [0, 0.1) is 0 Å². The lowest BCUT2D eigenvalue weighted by atomic mass is 10.1. The highest BCUT2D eigenvalue weighted by atomic mass is 19.4. The molecule has 0 saturated carbocycles. The van der Waals surface area contributed by atoms with Gasteiger partial charge in [0.05, 0.1) is 11.8 Å². The lowest BCUT2D eigenvalue weighted by Gasteiger charge is -2.30. The summed E-state index contributed by atoms with van der Waals surface area (Å²) in [6, 6.07) is 13.5. The molecule has 4 aromatic rings. The third kappa shape index (κ3) is 5.80. The average molecular weight is 513 g/mol. The highest BCUT2D eigenvalue weighted by Crippen LogP contribution is 2.30. The maximum atomic E-state index is 13.0. The summed E-state index contributed by atoms with van der Waals surface area (Å²) in [7, 11) is 0. The van der Waals surface area contributed by atoms with E-state index in [1.54, 1.807) is 51.1 Å². The predicted octanol–water partition coefficient (Wildman–Crippen LogP) is 6.08. The van der Waals surface area contributed by atoms with Crippen molar-refractivity contribution in [3.05, 3.63) is 78.0 Å². The quantitative estimate of drug-likeness (QED) is 0.335. The Morgan fingerprint density at radius 2 is 1.76 bits per heavy atom. The number of nitrogens with one attached hydrogen (secondary N) is 1. The van der Waals surface area contributed by atoms with Crippen molar-refractivity contribution in [1.82, 2.24) is 14.6 Å². The molecule has 0 aliphatic rings. The Kier molecular flexibility index (Phi) is 6.51. The van der Waals surface area contributed by atoms with Gasteiger partial charge in [-0.1, -0.05) is 12.1 Å². The van der Waals surface area contributed by atoms with Crippen molar-refractivity contribution in [2.45, 2.75) is 32.5 Å². The molecule has 192 valence electrons. The van der Waals surface area contributed by atoms with Crippen LogP contribution in [-0.4, -0.2) is 37.2 Å². The van der Waals surface area contributed by atoms with Crippen molar-refractivity contribution in [3.8, 4) is 11.6 Å². The summed E-state index contributed by atoms with van der Waals surface area (Å²) in [4.78, 5) is 29.7. The van der Waals surface area contributed by atoms with E-state index in [-0.39, 0.29) is 17.3 Å². The molecule has 2 aromatic carbocycles. The molecule has 2 amide bonds. The number of aromatic nitrogens is 3. The molecule has 0 fully saturated rings. The first-order valence-corrected chi connectivity index (χ1v) is 11.0. The highest BCUT2D eigenvalue weighted by Gasteiger charge is 2.31. The van der Waals surface area contributed by atoms with E-state index in [0.29, 0.717) is 17.1 Å². The van der Waals surface area contributed by atoms with Gasteiger partial charge in [0, 0.05) is 28.9 Å². The van der Waals surface area contributed by atoms with Crippen LogP contribution in [-0.2, 0) is 6.18 Å². The van der Waals surface area contributed by atoms with E-state index >= 15 is 0 Å². The molecule has 0 aliphatic heterocycles. The summed E-state index contributed by atoms with van der Waals surface area (Å²) in [5, 5.41) is 16.5. The molecule has 2 heterocycles. The first-order chi connectivity index (χ1) is 17.3. The Bertz CT molecular complexity index is 1480. The minimum atomic E-state index is -4.56. The van der Waals surface area contributed by atoms with Crippen molar-refractivity contribution in [2.75, 3.05) is 10.2 Å². The number of anilines is 2. The average Bonchev–Trinajstić information content (AvgIpc) is 3.19. The fourth-order valence-electron chi connectivity index (χ4n) is 3.54. The molecular weight excluding hydrogens is 491 g/mol. The molecule has 0 spiro atoms. The van der Waals surface area contributed by atoms with Crippen LogP contribution in [0.5, 0.6) is 11.6 Å². The summed E-state index contributed by atoms with van der Waals surface area (Å²) < 4.78 is 46.0. The fourth-order valence-corrected chi connectivity index (χ4v) is 3.54. The third-order valence-electron chi connectivity index (χ3n) is 5.14. The van der Waals surface area contributed by atoms with E-state index in [1.165, 1.54) is 22.8 Å². The maximum absolute atomic E-state index is 13.0. The molecular formula is C25H22F3N5O4. The van der Waals surface area contributed by atoms with Crippen molar-refractivity contribution in [3.63, 3.8) is 0 Å². The molecule has 2 N–H and O–H groups in total. The number of fused-ring (bicyclic) bond motifs is 1. The summed E-state index contributed by atoms with van der Waals surface area (Å²) in [6.45, 7) is 5.23. The minimum absolute atomic E-state index is 0.144. The number of benzene rings is 2. The molecule has 0 unspecified atom stereocenters. The van der Waals surface area contributed by atoms with Crippen LogP contribution >= 0.6 is 0 Å². The van der Waals surface area contributed by atoms with Gasteiger partial charge in [-0.25, -0.2) is 14.3 Å². The maximum Gasteiger partial charge on any atom is 0.416 e. The van der Waals surface area contributed by atoms with E-state index in [1.807, 2.05) is 0 Å². The number of amides is 2. The van der Waals surface area contributed by atoms with Gasteiger partial charge in [-0.2, -0.15) is 13.2 Å². The number of carbonyl (C=O) groups excluding carboxylic acids is 1. The minimum Gasteiger partial charge on any atom is -0.465 e. The molecule has 9 nitrogen and oxygen atoms in total. The molecule has 0 atom stereocenters. The van der Waals surface area contributed by atoms with Gasteiger partial charge in [0.25, 0.3) is 5.91 Å². The van der Waals surface area contributed by atoms with Gasteiger partial charge in [0.15, 0.2) is 11.5 Å². The van der Waals surface area contributed by atoms with Gasteiger partial charge in [0.2, 0.25) is 5.88 Å². The summed E-state index contributed by atoms with van der Waals surface area (Å²) >= 11 is 0. The van der Waals surface area contributed by atoms with Crippen molar-refractivity contribution in [2.24, 2.45) is 0 Å². The number of rotatable bonds is 5. The second-order valence-corrected chi connectivity index (χ2v) is 9.02. The Hall–Kier alpha value is -4.61. The molecule has 0 aliphatic carbocycles. The van der Waals surface area contributed by atoms with Gasteiger partial charge in [-0.15, -0.1) is 5.10 Å². The number of halogens is 3. The lowest BCUT2D eigenvalue weighted by molar-refractivity contribution is -0.137. The summed E-state index contributed by atoms with van der Waals surface area (Å²) in [6.07, 6.45) is -4.25. The van der Waals surface area contributed by atoms with Crippen molar-refractivity contribution < 1.29 is 32.6 Å². The van der Waals surface area contributed by atoms with Gasteiger partial charge in [0.1, 0.15) is 5.75 Å². The van der Waals surface area contributed by atoms with Crippen LogP contribution < -0.4 is 15.0 Å². The molecule has 0 saturated heterocycles. The van der Waals surface area contributed by atoms with Crippen LogP contribution in [0.15, 0.2) is 66.9 Å². The number of nitrogens with zero attached hydrogens (tertiary/aromatic N) is 4. The van der Waals surface area contributed by atoms with Crippen molar-refractivity contribution in [1.29, 1.82) is 0 Å². The predicted molar refractivity (Wildman–Crippen MR) is 129 cm³/mol. The Morgan fingerprint density at radius 1 is 1.03 bits per heavy atom. The topological polar surface area (TPSA) is 109 Å². The second-order valence-electron chi connectivity index (χ2n) is 9.02. The largest absolute Gasteiger partial charge is 0.465 e. The van der Waals surface area contributed by atoms with Crippen LogP contribution in [0.2, 0.25) is 0 Å². The zero-order chi connectivity index (χ0) is 27.0. The number of carbonyl (C=O) groups is 2. The number of ether oxygens (including phenoxy) is 1. The van der Waals surface area contributed by atoms with Crippen LogP contribution in [0.1, 0.15) is 36.7 Å².